The molecule has 0 aromatic heterocycles. The molecule has 74 valence electrons. The highest BCUT2D eigenvalue weighted by Crippen LogP contribution is 2.34. The van der Waals surface area contributed by atoms with Crippen molar-refractivity contribution in [2.75, 3.05) is 13.1 Å². The molecule has 2 aliphatic rings. The summed E-state index contributed by atoms with van der Waals surface area (Å²) in [5, 5.41) is 0. The number of rotatable bonds is 5. The molecule has 2 fully saturated rings. The van der Waals surface area contributed by atoms with Crippen LogP contribution in [-0.4, -0.2) is 29.9 Å². The van der Waals surface area contributed by atoms with Crippen LogP contribution in [0.4, 0.5) is 0 Å². The van der Waals surface area contributed by atoms with Crippen LogP contribution in [0.3, 0.4) is 0 Å². The summed E-state index contributed by atoms with van der Waals surface area (Å²) in [6, 6.07) is 0.665. The van der Waals surface area contributed by atoms with Crippen LogP contribution < -0.4 is 11.3 Å². The van der Waals surface area contributed by atoms with Gasteiger partial charge in [-0.2, -0.15) is 0 Å². The van der Waals surface area contributed by atoms with Gasteiger partial charge in [0, 0.05) is 12.6 Å². The summed E-state index contributed by atoms with van der Waals surface area (Å²) in [5.41, 5.74) is 2.19. The minimum atomic E-state index is -0.0625. The van der Waals surface area contributed by atoms with Gasteiger partial charge >= 0.3 is 0 Å². The first-order valence-electron chi connectivity index (χ1n) is 5.03. The highest BCUT2D eigenvalue weighted by molar-refractivity contribution is 5.77. The lowest BCUT2D eigenvalue weighted by molar-refractivity contribution is -0.122. The van der Waals surface area contributed by atoms with Crippen LogP contribution in [0, 0.1) is 5.92 Å². The Kier molecular flexibility index (Phi) is 2.51. The van der Waals surface area contributed by atoms with Crippen molar-refractivity contribution >= 4 is 5.91 Å². The lowest BCUT2D eigenvalue weighted by Crippen LogP contribution is -2.42. The van der Waals surface area contributed by atoms with E-state index in [1.165, 1.54) is 25.7 Å². The van der Waals surface area contributed by atoms with Crippen LogP contribution in [0.2, 0.25) is 0 Å². The number of amides is 1. The second-order valence-corrected chi connectivity index (χ2v) is 4.17. The molecule has 13 heavy (non-hydrogen) atoms. The summed E-state index contributed by atoms with van der Waals surface area (Å²) >= 11 is 0. The van der Waals surface area contributed by atoms with Crippen LogP contribution in [0.15, 0.2) is 0 Å². The second-order valence-electron chi connectivity index (χ2n) is 4.17. The SMILES string of the molecule is NNC(=O)CN(CC1CC1)C1CC1. The fourth-order valence-electron chi connectivity index (χ4n) is 1.64. The van der Waals surface area contributed by atoms with Crippen molar-refractivity contribution in [2.24, 2.45) is 11.8 Å². The molecular weight excluding hydrogens is 166 g/mol. The first kappa shape index (κ1) is 8.97. The Hall–Kier alpha value is -0.610. The molecule has 4 heteroatoms. The van der Waals surface area contributed by atoms with Gasteiger partial charge in [-0.05, 0) is 31.6 Å². The van der Waals surface area contributed by atoms with Crippen molar-refractivity contribution in [3.05, 3.63) is 0 Å². The van der Waals surface area contributed by atoms with E-state index in [1.54, 1.807) is 0 Å². The van der Waals surface area contributed by atoms with Gasteiger partial charge in [0.2, 0.25) is 5.91 Å². The van der Waals surface area contributed by atoms with E-state index in [9.17, 15) is 4.79 Å². The fraction of sp³-hybridized carbons (Fsp3) is 0.889. The van der Waals surface area contributed by atoms with Gasteiger partial charge < -0.3 is 0 Å². The predicted molar refractivity (Wildman–Crippen MR) is 49.6 cm³/mol. The van der Waals surface area contributed by atoms with Gasteiger partial charge in [0.15, 0.2) is 0 Å². The predicted octanol–water partition coefficient (Wildman–Crippen LogP) is -0.149. The summed E-state index contributed by atoms with van der Waals surface area (Å²) < 4.78 is 0. The number of hydrazine groups is 1. The molecule has 0 spiro atoms. The number of hydrogen-bond donors (Lipinski definition) is 2. The second kappa shape index (κ2) is 3.64. The Morgan fingerprint density at radius 1 is 1.38 bits per heavy atom. The first-order valence-corrected chi connectivity index (χ1v) is 5.03. The van der Waals surface area contributed by atoms with E-state index in [4.69, 9.17) is 5.84 Å². The molecule has 2 rings (SSSR count). The van der Waals surface area contributed by atoms with Crippen molar-refractivity contribution in [1.29, 1.82) is 0 Å². The largest absolute Gasteiger partial charge is 0.293 e. The normalized spacial score (nSPS) is 22.0. The molecule has 2 saturated carbocycles. The summed E-state index contributed by atoms with van der Waals surface area (Å²) in [6.45, 7) is 1.58. The molecule has 0 unspecified atom stereocenters. The van der Waals surface area contributed by atoms with Crippen molar-refractivity contribution < 1.29 is 4.79 Å². The number of carbonyl (C=O) groups is 1. The van der Waals surface area contributed by atoms with Gasteiger partial charge in [-0.15, -0.1) is 0 Å². The molecule has 0 radical (unpaired) electrons. The molecule has 0 saturated heterocycles. The summed E-state index contributed by atoms with van der Waals surface area (Å²) in [7, 11) is 0. The van der Waals surface area contributed by atoms with Gasteiger partial charge in [0.1, 0.15) is 0 Å². The topological polar surface area (TPSA) is 58.4 Å². The maximum atomic E-state index is 11.1. The van der Waals surface area contributed by atoms with Crippen LogP contribution in [-0.2, 0) is 4.79 Å². The maximum absolute atomic E-state index is 11.1. The quantitative estimate of drug-likeness (QED) is 0.354. The van der Waals surface area contributed by atoms with E-state index in [-0.39, 0.29) is 5.91 Å². The Bertz CT molecular complexity index is 199. The lowest BCUT2D eigenvalue weighted by Gasteiger charge is -2.20. The van der Waals surface area contributed by atoms with Crippen LogP contribution >= 0.6 is 0 Å². The highest BCUT2D eigenvalue weighted by atomic mass is 16.2. The van der Waals surface area contributed by atoms with Crippen molar-refractivity contribution in [3.8, 4) is 0 Å². The monoisotopic (exact) mass is 183 g/mol. The molecule has 2 aliphatic carbocycles. The van der Waals surface area contributed by atoms with Crippen molar-refractivity contribution in [3.63, 3.8) is 0 Å². The molecule has 4 nitrogen and oxygen atoms in total. The maximum Gasteiger partial charge on any atom is 0.248 e. The van der Waals surface area contributed by atoms with Crippen LogP contribution in [0.1, 0.15) is 25.7 Å². The van der Waals surface area contributed by atoms with E-state index in [0.29, 0.717) is 12.6 Å². The Balaban J connectivity index is 1.77. The molecule has 0 aliphatic heterocycles. The summed E-state index contributed by atoms with van der Waals surface area (Å²) in [6.07, 6.45) is 5.19. The minimum absolute atomic E-state index is 0.0625. The zero-order valence-electron chi connectivity index (χ0n) is 7.83. The van der Waals surface area contributed by atoms with E-state index >= 15 is 0 Å². The highest BCUT2D eigenvalue weighted by Gasteiger charge is 2.34. The van der Waals surface area contributed by atoms with E-state index in [1.807, 2.05) is 0 Å². The molecule has 0 aromatic carbocycles. The standard InChI is InChI=1S/C9H17N3O/c10-11-9(13)6-12(8-3-4-8)5-7-1-2-7/h7-8H,1-6,10H2,(H,11,13). The molecule has 0 heterocycles. The van der Waals surface area contributed by atoms with Gasteiger partial charge in [0.25, 0.3) is 0 Å². The van der Waals surface area contributed by atoms with Gasteiger partial charge in [-0.25, -0.2) is 5.84 Å². The molecule has 0 atom stereocenters. The van der Waals surface area contributed by atoms with E-state index < -0.39 is 0 Å². The zero-order chi connectivity index (χ0) is 9.26. The number of hydrogen-bond acceptors (Lipinski definition) is 3. The average Bonchev–Trinajstić information content (AvgIpc) is 2.96. The minimum Gasteiger partial charge on any atom is -0.293 e. The lowest BCUT2D eigenvalue weighted by atomic mass is 10.3. The number of nitrogens with one attached hydrogen (secondary N) is 1. The Morgan fingerprint density at radius 3 is 2.54 bits per heavy atom. The number of carbonyl (C=O) groups excluding carboxylic acids is 1. The third kappa shape index (κ3) is 2.67. The van der Waals surface area contributed by atoms with Crippen LogP contribution in [0.25, 0.3) is 0 Å². The van der Waals surface area contributed by atoms with Crippen molar-refractivity contribution in [1.82, 2.24) is 10.3 Å². The van der Waals surface area contributed by atoms with Gasteiger partial charge in [-0.1, -0.05) is 0 Å². The van der Waals surface area contributed by atoms with Crippen molar-refractivity contribution in [2.45, 2.75) is 31.7 Å². The molecule has 1 amide bonds. The van der Waals surface area contributed by atoms with E-state index in [2.05, 4.69) is 10.3 Å². The Morgan fingerprint density at radius 2 is 2.08 bits per heavy atom. The molecule has 0 aromatic rings. The smallest absolute Gasteiger partial charge is 0.248 e. The molecular formula is C9H17N3O. The first-order chi connectivity index (χ1) is 6.29. The van der Waals surface area contributed by atoms with Gasteiger partial charge in [0.05, 0.1) is 6.54 Å². The summed E-state index contributed by atoms with van der Waals surface area (Å²) in [4.78, 5) is 13.4. The third-order valence-electron chi connectivity index (χ3n) is 2.76. The average molecular weight is 183 g/mol. The summed E-state index contributed by atoms with van der Waals surface area (Å²) in [5.74, 6) is 5.85. The molecule has 3 N–H and O–H groups in total. The fourth-order valence-corrected chi connectivity index (χ4v) is 1.64. The Labute approximate surface area is 78.4 Å². The van der Waals surface area contributed by atoms with Gasteiger partial charge in [-0.3, -0.25) is 15.1 Å². The zero-order valence-corrected chi connectivity index (χ0v) is 7.83. The van der Waals surface area contributed by atoms with Crippen LogP contribution in [0.5, 0.6) is 0 Å². The third-order valence-corrected chi connectivity index (χ3v) is 2.76. The van der Waals surface area contributed by atoms with E-state index in [0.717, 1.165) is 12.5 Å². The number of nitrogens with two attached hydrogens (primary N) is 1. The molecule has 0 bridgehead atoms. The number of nitrogens with zero attached hydrogens (tertiary/aromatic N) is 1.